The lowest BCUT2D eigenvalue weighted by atomic mass is 10.2. The first-order valence-electron chi connectivity index (χ1n) is 2.25. The van der Waals surface area contributed by atoms with Gasteiger partial charge in [0.2, 0.25) is 0 Å². The maximum Gasteiger partial charge on any atom is 0.363 e. The number of quaternary nitrogens is 1. The van der Waals surface area contributed by atoms with Crippen molar-refractivity contribution in [2.24, 2.45) is 0 Å². The molecule has 4 N–H and O–H groups in total. The van der Waals surface area contributed by atoms with E-state index in [9.17, 15) is 4.79 Å². The summed E-state index contributed by atoms with van der Waals surface area (Å²) in [5.74, 6) is -0.866. The second-order valence-corrected chi connectivity index (χ2v) is 3.07. The Labute approximate surface area is 56.0 Å². The summed E-state index contributed by atoms with van der Waals surface area (Å²) in [5.41, 5.74) is 3.39. The van der Waals surface area contributed by atoms with Crippen molar-refractivity contribution in [3.05, 3.63) is 0 Å². The summed E-state index contributed by atoms with van der Waals surface area (Å²) < 4.78 is 0. The molecule has 0 fully saturated rings. The molecule has 0 aliphatic carbocycles. The maximum absolute atomic E-state index is 10.0. The molecule has 48 valence electrons. The largest absolute Gasteiger partial charge is 0.477 e. The zero-order chi connectivity index (χ0) is 6.73. The Hall–Kier alpha value is -0.0900. The van der Waals surface area contributed by atoms with Crippen molar-refractivity contribution in [1.29, 1.82) is 0 Å². The molecule has 0 aromatic carbocycles. The average Bonchev–Trinajstić information content (AvgIpc) is 1.64. The second kappa shape index (κ2) is 3.04. The van der Waals surface area contributed by atoms with Gasteiger partial charge in [-0.2, -0.15) is 0 Å². The van der Waals surface area contributed by atoms with Gasteiger partial charge in [0.25, 0.3) is 0 Å². The van der Waals surface area contributed by atoms with Crippen LogP contribution in [0.15, 0.2) is 0 Å². The third-order valence-corrected chi connectivity index (χ3v) is 1.51. The molecule has 0 aromatic heterocycles. The van der Waals surface area contributed by atoms with E-state index in [0.717, 1.165) is 0 Å². The molecule has 2 atom stereocenters. The monoisotopic (exact) mass is 182 g/mol. The minimum Gasteiger partial charge on any atom is -0.477 e. The minimum atomic E-state index is -0.866. The average molecular weight is 183 g/mol. The molecule has 0 saturated heterocycles. The number of carboxylic acids is 1. The molecule has 0 aliphatic rings. The predicted molar refractivity (Wildman–Crippen MR) is 32.7 cm³/mol. The highest BCUT2D eigenvalue weighted by Gasteiger charge is 2.20. The summed E-state index contributed by atoms with van der Waals surface area (Å²) in [7, 11) is 0. The molecule has 0 unspecified atom stereocenters. The number of rotatable bonds is 2. The van der Waals surface area contributed by atoms with Gasteiger partial charge in [0, 0.05) is 0 Å². The molecule has 4 heteroatoms. The van der Waals surface area contributed by atoms with Crippen LogP contribution in [0.5, 0.6) is 0 Å². The van der Waals surface area contributed by atoms with Gasteiger partial charge in [-0.3, -0.25) is 0 Å². The highest BCUT2D eigenvalue weighted by atomic mass is 79.9. The molecular formula is C4H9BrNO2+. The van der Waals surface area contributed by atoms with Gasteiger partial charge in [-0.05, 0) is 6.92 Å². The number of alkyl halides is 1. The van der Waals surface area contributed by atoms with E-state index in [4.69, 9.17) is 5.11 Å². The van der Waals surface area contributed by atoms with Crippen molar-refractivity contribution >= 4 is 21.9 Å². The van der Waals surface area contributed by atoms with Crippen molar-refractivity contribution < 1.29 is 15.6 Å². The molecule has 0 aromatic rings. The van der Waals surface area contributed by atoms with Gasteiger partial charge in [0.05, 0.1) is 4.83 Å². The summed E-state index contributed by atoms with van der Waals surface area (Å²) in [4.78, 5) is 9.99. The van der Waals surface area contributed by atoms with E-state index in [1.165, 1.54) is 0 Å². The minimum absolute atomic E-state index is 0.0556. The second-order valence-electron chi connectivity index (χ2n) is 1.62. The fourth-order valence-corrected chi connectivity index (χ4v) is 0.423. The van der Waals surface area contributed by atoms with E-state index < -0.39 is 12.0 Å². The quantitative estimate of drug-likeness (QED) is 0.565. The summed E-state index contributed by atoms with van der Waals surface area (Å²) >= 11 is 3.10. The Kier molecular flexibility index (Phi) is 3.01. The van der Waals surface area contributed by atoms with E-state index in [-0.39, 0.29) is 4.83 Å². The Balaban J connectivity index is 3.64. The zero-order valence-electron chi connectivity index (χ0n) is 4.60. The van der Waals surface area contributed by atoms with Crippen LogP contribution in [0.3, 0.4) is 0 Å². The van der Waals surface area contributed by atoms with Crippen LogP contribution in [0.25, 0.3) is 0 Å². The summed E-state index contributed by atoms with van der Waals surface area (Å²) in [6, 6.07) is -0.546. The number of carboxylic acid groups (broad SMARTS) is 1. The van der Waals surface area contributed by atoms with Crippen molar-refractivity contribution in [3.8, 4) is 0 Å². The van der Waals surface area contributed by atoms with Crippen molar-refractivity contribution in [3.63, 3.8) is 0 Å². The SMILES string of the molecule is C[C@H](Br)[C@H]([NH3+])C(=O)O. The first kappa shape index (κ1) is 7.91. The highest BCUT2D eigenvalue weighted by Crippen LogP contribution is 1.99. The molecule has 0 aliphatic heterocycles. The van der Waals surface area contributed by atoms with Gasteiger partial charge >= 0.3 is 5.97 Å². The van der Waals surface area contributed by atoms with Crippen LogP contribution in [0.2, 0.25) is 0 Å². The van der Waals surface area contributed by atoms with E-state index in [0.29, 0.717) is 0 Å². The summed E-state index contributed by atoms with van der Waals surface area (Å²) in [6.45, 7) is 1.76. The first-order valence-corrected chi connectivity index (χ1v) is 3.17. The Bertz CT molecular complexity index is 94.0. The van der Waals surface area contributed by atoms with Gasteiger partial charge in [-0.25, -0.2) is 4.79 Å². The van der Waals surface area contributed by atoms with Gasteiger partial charge in [-0.1, -0.05) is 15.9 Å². The van der Waals surface area contributed by atoms with Gasteiger partial charge in [-0.15, -0.1) is 0 Å². The molecule has 0 heterocycles. The van der Waals surface area contributed by atoms with E-state index >= 15 is 0 Å². The molecule has 0 rings (SSSR count). The van der Waals surface area contributed by atoms with Crippen LogP contribution >= 0.6 is 15.9 Å². The predicted octanol–water partition coefficient (Wildman–Crippen LogP) is -0.535. The van der Waals surface area contributed by atoms with Gasteiger partial charge in [0.1, 0.15) is 0 Å². The molecule has 0 spiro atoms. The molecule has 0 saturated carbocycles. The first-order chi connectivity index (χ1) is 3.55. The van der Waals surface area contributed by atoms with Crippen molar-refractivity contribution in [1.82, 2.24) is 0 Å². The third-order valence-electron chi connectivity index (χ3n) is 0.872. The van der Waals surface area contributed by atoms with E-state index in [1.807, 2.05) is 0 Å². The number of hydrogen-bond acceptors (Lipinski definition) is 1. The molecule has 0 radical (unpaired) electrons. The number of hydrogen-bond donors (Lipinski definition) is 2. The lowest BCUT2D eigenvalue weighted by Crippen LogP contribution is -2.68. The Morgan fingerprint density at radius 2 is 2.25 bits per heavy atom. The third kappa shape index (κ3) is 2.28. The number of halogens is 1. The lowest BCUT2D eigenvalue weighted by molar-refractivity contribution is -0.405. The number of carbonyl (C=O) groups is 1. The van der Waals surface area contributed by atoms with Gasteiger partial charge in [0.15, 0.2) is 6.04 Å². The van der Waals surface area contributed by atoms with Crippen LogP contribution in [-0.2, 0) is 4.79 Å². The molecule has 0 amide bonds. The van der Waals surface area contributed by atoms with E-state index in [1.54, 1.807) is 6.92 Å². The lowest BCUT2D eigenvalue weighted by Gasteiger charge is -2.02. The van der Waals surface area contributed by atoms with Crippen molar-refractivity contribution in [2.75, 3.05) is 0 Å². The zero-order valence-corrected chi connectivity index (χ0v) is 6.18. The Morgan fingerprint density at radius 1 is 1.88 bits per heavy atom. The molecule has 0 bridgehead atoms. The molecule has 3 nitrogen and oxygen atoms in total. The van der Waals surface area contributed by atoms with E-state index in [2.05, 4.69) is 21.7 Å². The Morgan fingerprint density at radius 3 is 2.25 bits per heavy atom. The standard InChI is InChI=1S/C4H8BrNO2/c1-2(5)3(6)4(7)8/h2-3H,6H2,1H3,(H,7,8)/p+1/t2-,3-/m0/s1. The van der Waals surface area contributed by atoms with Crippen molar-refractivity contribution in [2.45, 2.75) is 17.8 Å². The van der Waals surface area contributed by atoms with Gasteiger partial charge < -0.3 is 10.8 Å². The van der Waals surface area contributed by atoms with Crippen LogP contribution in [0.1, 0.15) is 6.92 Å². The summed E-state index contributed by atoms with van der Waals surface area (Å²) in [5, 5.41) is 8.26. The highest BCUT2D eigenvalue weighted by molar-refractivity contribution is 9.09. The van der Waals surface area contributed by atoms with Crippen LogP contribution in [0, 0.1) is 0 Å². The maximum atomic E-state index is 10.0. The number of aliphatic carboxylic acids is 1. The molecule has 8 heavy (non-hydrogen) atoms. The van der Waals surface area contributed by atoms with Crippen LogP contribution < -0.4 is 5.73 Å². The fourth-order valence-electron chi connectivity index (χ4n) is 0.196. The topological polar surface area (TPSA) is 64.9 Å². The summed E-state index contributed by atoms with van der Waals surface area (Å²) in [6.07, 6.45) is 0. The smallest absolute Gasteiger partial charge is 0.363 e. The molecular weight excluding hydrogens is 174 g/mol. The van der Waals surface area contributed by atoms with Crippen LogP contribution in [-0.4, -0.2) is 21.9 Å². The van der Waals surface area contributed by atoms with Crippen LogP contribution in [0.4, 0.5) is 0 Å². The fraction of sp³-hybridized carbons (Fsp3) is 0.750. The normalized spacial score (nSPS) is 17.4.